The molecule has 3 aliphatic rings. The summed E-state index contributed by atoms with van der Waals surface area (Å²) in [5, 5.41) is 10.8. The molecule has 0 radical (unpaired) electrons. The van der Waals surface area contributed by atoms with Gasteiger partial charge >= 0.3 is 6.18 Å². The van der Waals surface area contributed by atoms with Crippen molar-refractivity contribution < 1.29 is 46.8 Å². The number of aliphatic hydroxyl groups excluding tert-OH is 1. The predicted octanol–water partition coefficient (Wildman–Crippen LogP) is 5.05. The van der Waals surface area contributed by atoms with Crippen molar-refractivity contribution in [2.24, 2.45) is 11.8 Å². The number of benzene rings is 1. The summed E-state index contributed by atoms with van der Waals surface area (Å²) in [5.74, 6) is 4.29. The number of rotatable bonds is 9. The molecule has 7 unspecified atom stereocenters. The van der Waals surface area contributed by atoms with Gasteiger partial charge in [0.05, 0.1) is 23.7 Å². The number of hydrogen-bond donors (Lipinski definition) is 1. The van der Waals surface area contributed by atoms with Crippen LogP contribution in [-0.4, -0.2) is 61.6 Å². The predicted molar refractivity (Wildman–Crippen MR) is 139 cm³/mol. The summed E-state index contributed by atoms with van der Waals surface area (Å²) >= 11 is 0. The third-order valence-corrected chi connectivity index (χ3v) is 7.20. The lowest BCUT2D eigenvalue weighted by atomic mass is 9.93. The van der Waals surface area contributed by atoms with E-state index in [0.29, 0.717) is 26.1 Å². The first-order valence-electron chi connectivity index (χ1n) is 13.9. The van der Waals surface area contributed by atoms with Gasteiger partial charge in [0.2, 0.25) is 5.78 Å². The first kappa shape index (κ1) is 30.5. The van der Waals surface area contributed by atoms with Crippen molar-refractivity contribution in [1.29, 1.82) is 0 Å². The molecule has 3 fully saturated rings. The Morgan fingerprint density at radius 1 is 1.15 bits per heavy atom. The smallest absolute Gasteiger partial charge is 0.416 e. The Morgan fingerprint density at radius 3 is 2.52 bits per heavy atom. The van der Waals surface area contributed by atoms with E-state index in [2.05, 4.69) is 11.8 Å². The highest BCUT2D eigenvalue weighted by molar-refractivity contribution is 5.93. The molecule has 2 heterocycles. The monoisotopic (exact) mass is 566 g/mol. The molecule has 4 rings (SSSR count). The van der Waals surface area contributed by atoms with Crippen LogP contribution in [0.25, 0.3) is 0 Å². The first-order valence-corrected chi connectivity index (χ1v) is 13.9. The lowest BCUT2D eigenvalue weighted by molar-refractivity contribution is -0.193. The van der Waals surface area contributed by atoms with E-state index in [1.54, 1.807) is 6.08 Å². The van der Waals surface area contributed by atoms with Gasteiger partial charge in [-0.3, -0.25) is 4.79 Å². The summed E-state index contributed by atoms with van der Waals surface area (Å²) in [6, 6.07) is 4.69. The van der Waals surface area contributed by atoms with Crippen LogP contribution in [0.4, 0.5) is 13.2 Å². The normalized spacial score (nSPS) is 30.0. The Balaban J connectivity index is 1.52. The Bertz CT molecular complexity index is 1050. The number of ketones is 1. The van der Waals surface area contributed by atoms with Crippen LogP contribution in [0.5, 0.6) is 5.75 Å². The van der Waals surface area contributed by atoms with Crippen molar-refractivity contribution in [1.82, 2.24) is 0 Å². The van der Waals surface area contributed by atoms with Gasteiger partial charge in [0.25, 0.3) is 0 Å². The molecule has 0 amide bonds. The lowest BCUT2D eigenvalue weighted by Crippen LogP contribution is -2.32. The Morgan fingerprint density at radius 2 is 1.88 bits per heavy atom. The summed E-state index contributed by atoms with van der Waals surface area (Å²) in [6.07, 6.45) is 1.96. The van der Waals surface area contributed by atoms with Crippen molar-refractivity contribution in [3.63, 3.8) is 0 Å². The molecule has 2 aliphatic heterocycles. The molecule has 1 aliphatic carbocycles. The van der Waals surface area contributed by atoms with Crippen LogP contribution in [0, 0.1) is 23.7 Å². The highest BCUT2D eigenvalue weighted by atomic mass is 19.4. The SMILES string of the molecule is CC(=O)C#CC1C(O)CC(OC2CCCCO2)C1C=CC(COc1cccc(C(F)(F)F)c1)OC1CCCCO1. The van der Waals surface area contributed by atoms with E-state index >= 15 is 0 Å². The molecule has 7 atom stereocenters. The molecule has 220 valence electrons. The minimum atomic E-state index is -4.48. The Kier molecular flexibility index (Phi) is 11.0. The third kappa shape index (κ3) is 9.05. The highest BCUT2D eigenvalue weighted by Gasteiger charge is 2.42. The molecule has 40 heavy (non-hydrogen) atoms. The van der Waals surface area contributed by atoms with Gasteiger partial charge in [-0.25, -0.2) is 0 Å². The van der Waals surface area contributed by atoms with E-state index in [0.717, 1.165) is 44.2 Å². The molecule has 2 saturated heterocycles. The van der Waals surface area contributed by atoms with Crippen LogP contribution < -0.4 is 4.74 Å². The molecule has 7 nitrogen and oxygen atoms in total. The maximum absolute atomic E-state index is 13.2. The maximum atomic E-state index is 13.2. The minimum Gasteiger partial charge on any atom is -0.491 e. The van der Waals surface area contributed by atoms with Crippen LogP contribution in [0.1, 0.15) is 57.4 Å². The number of hydrogen-bond acceptors (Lipinski definition) is 7. The standard InChI is InChI=1S/C30H37F3O7/c1-20(34)11-13-24-25(27(18-26(24)35)40-29-10-3-5-16-37-29)14-12-23(39-28-9-2-4-15-36-28)19-38-22-8-6-7-21(17-22)30(31,32)33/h6-8,12,14,17,23-29,35H,2-5,9-10,15-16,18-19H2,1H3. The summed E-state index contributed by atoms with van der Waals surface area (Å²) in [7, 11) is 0. The molecular weight excluding hydrogens is 529 g/mol. The molecule has 1 aromatic carbocycles. The molecule has 10 heteroatoms. The van der Waals surface area contributed by atoms with Gasteiger partial charge in [0.15, 0.2) is 12.6 Å². The number of Topliss-reactive ketones (excluding diaryl/α,β-unsaturated/α-hetero) is 1. The van der Waals surface area contributed by atoms with Gasteiger partial charge in [-0.15, -0.1) is 0 Å². The van der Waals surface area contributed by atoms with Gasteiger partial charge in [-0.2, -0.15) is 13.2 Å². The molecule has 0 bridgehead atoms. The second kappa shape index (κ2) is 14.5. The minimum absolute atomic E-state index is 0.0615. The van der Waals surface area contributed by atoms with Gasteiger partial charge in [-0.05, 0) is 62.6 Å². The van der Waals surface area contributed by atoms with Crippen molar-refractivity contribution >= 4 is 5.78 Å². The second-order valence-electron chi connectivity index (χ2n) is 10.4. The number of ether oxygens (including phenoxy) is 5. The van der Waals surface area contributed by atoms with E-state index in [1.807, 2.05) is 6.08 Å². The molecule has 0 spiro atoms. The van der Waals surface area contributed by atoms with Crippen LogP contribution in [0.3, 0.4) is 0 Å². The summed E-state index contributed by atoms with van der Waals surface area (Å²) in [6.45, 7) is 2.47. The topological polar surface area (TPSA) is 83.5 Å². The number of carbonyl (C=O) groups is 1. The van der Waals surface area contributed by atoms with E-state index < -0.39 is 42.3 Å². The first-order chi connectivity index (χ1) is 19.2. The number of alkyl halides is 3. The van der Waals surface area contributed by atoms with Gasteiger partial charge in [0.1, 0.15) is 18.5 Å². The Hall–Kier alpha value is -2.42. The van der Waals surface area contributed by atoms with Crippen molar-refractivity contribution in [2.75, 3.05) is 19.8 Å². The summed E-state index contributed by atoms with van der Waals surface area (Å²) < 4.78 is 69.1. The van der Waals surface area contributed by atoms with E-state index in [4.69, 9.17) is 23.7 Å². The summed E-state index contributed by atoms with van der Waals surface area (Å²) in [5.41, 5.74) is -0.801. The van der Waals surface area contributed by atoms with E-state index in [9.17, 15) is 23.1 Å². The van der Waals surface area contributed by atoms with Gasteiger partial charge in [0, 0.05) is 32.5 Å². The van der Waals surface area contributed by atoms with Crippen molar-refractivity contribution in [3.8, 4) is 17.6 Å². The van der Waals surface area contributed by atoms with Gasteiger partial charge in [-0.1, -0.05) is 24.1 Å². The van der Waals surface area contributed by atoms with Crippen molar-refractivity contribution in [3.05, 3.63) is 42.0 Å². The largest absolute Gasteiger partial charge is 0.491 e. The zero-order chi connectivity index (χ0) is 28.5. The highest BCUT2D eigenvalue weighted by Crippen LogP contribution is 2.37. The molecule has 1 aromatic rings. The summed E-state index contributed by atoms with van der Waals surface area (Å²) in [4.78, 5) is 11.6. The quantitative estimate of drug-likeness (QED) is 0.254. The maximum Gasteiger partial charge on any atom is 0.416 e. The lowest BCUT2D eigenvalue weighted by Gasteiger charge is -2.29. The molecule has 1 saturated carbocycles. The fourth-order valence-corrected chi connectivity index (χ4v) is 5.16. The van der Waals surface area contributed by atoms with Crippen LogP contribution >= 0.6 is 0 Å². The second-order valence-corrected chi connectivity index (χ2v) is 10.4. The fourth-order valence-electron chi connectivity index (χ4n) is 5.16. The van der Waals surface area contributed by atoms with Crippen molar-refractivity contribution in [2.45, 2.75) is 88.9 Å². The van der Waals surface area contributed by atoms with Crippen LogP contribution in [0.15, 0.2) is 36.4 Å². The van der Waals surface area contributed by atoms with E-state index in [1.165, 1.54) is 19.1 Å². The zero-order valence-corrected chi connectivity index (χ0v) is 22.6. The number of carbonyl (C=O) groups excluding carboxylic acids is 1. The Labute approximate surface area is 233 Å². The number of halogens is 3. The zero-order valence-electron chi connectivity index (χ0n) is 22.6. The third-order valence-electron chi connectivity index (χ3n) is 7.20. The van der Waals surface area contributed by atoms with Crippen LogP contribution in [-0.2, 0) is 29.9 Å². The molecule has 0 aromatic heterocycles. The number of aliphatic hydroxyl groups is 1. The van der Waals surface area contributed by atoms with E-state index in [-0.39, 0.29) is 30.3 Å². The average Bonchev–Trinajstić information content (AvgIpc) is 3.23. The van der Waals surface area contributed by atoms with Gasteiger partial charge < -0.3 is 28.8 Å². The fraction of sp³-hybridized carbons (Fsp3) is 0.633. The van der Waals surface area contributed by atoms with Crippen LogP contribution in [0.2, 0.25) is 0 Å². The molecular formula is C30H37F3O7. The average molecular weight is 567 g/mol. The molecule has 1 N–H and O–H groups in total.